The number of alkyl halides is 1. The van der Waals surface area contributed by atoms with E-state index >= 15 is 0 Å². The van der Waals surface area contributed by atoms with E-state index in [0.29, 0.717) is 13.2 Å². The topological polar surface area (TPSA) is 38.3 Å². The van der Waals surface area contributed by atoms with Gasteiger partial charge in [0.25, 0.3) is 0 Å². The van der Waals surface area contributed by atoms with Crippen LogP contribution >= 0.6 is 11.6 Å². The number of nitrogens with one attached hydrogen (secondary N) is 1. The maximum absolute atomic E-state index is 10.9. The van der Waals surface area contributed by atoms with Gasteiger partial charge in [-0.05, 0) is 43.5 Å². The Morgan fingerprint density at radius 1 is 1.29 bits per heavy atom. The fraction of sp³-hybridized carbons (Fsp3) is 0.462. The standard InChI is InChI=1S/C13H18ClNO2/c1-10-6-11(2)8-12(7-10)17-5-3-4-15-13(16)9-14/h6-8H,3-5,9H2,1-2H3,(H,15,16). The van der Waals surface area contributed by atoms with Crippen LogP contribution in [0, 0.1) is 13.8 Å². The van der Waals surface area contributed by atoms with Crippen molar-refractivity contribution >= 4 is 17.5 Å². The third kappa shape index (κ3) is 5.59. The van der Waals surface area contributed by atoms with Crippen molar-refractivity contribution in [3.63, 3.8) is 0 Å². The average molecular weight is 256 g/mol. The SMILES string of the molecule is Cc1cc(C)cc(OCCCNC(=O)CCl)c1. The van der Waals surface area contributed by atoms with E-state index in [1.807, 2.05) is 26.0 Å². The van der Waals surface area contributed by atoms with Gasteiger partial charge in [-0.25, -0.2) is 0 Å². The summed E-state index contributed by atoms with van der Waals surface area (Å²) in [6.45, 7) is 5.27. The largest absolute Gasteiger partial charge is 0.494 e. The van der Waals surface area contributed by atoms with Crippen molar-refractivity contribution in [3.05, 3.63) is 29.3 Å². The first-order chi connectivity index (χ1) is 8.11. The van der Waals surface area contributed by atoms with Crippen molar-refractivity contribution in [2.75, 3.05) is 19.0 Å². The molecule has 0 unspecified atom stereocenters. The summed E-state index contributed by atoms with van der Waals surface area (Å²) in [4.78, 5) is 10.9. The molecule has 0 aliphatic rings. The maximum atomic E-state index is 10.9. The maximum Gasteiger partial charge on any atom is 0.234 e. The summed E-state index contributed by atoms with van der Waals surface area (Å²) in [6, 6.07) is 6.11. The van der Waals surface area contributed by atoms with E-state index in [1.165, 1.54) is 11.1 Å². The Hall–Kier alpha value is -1.22. The summed E-state index contributed by atoms with van der Waals surface area (Å²) in [5, 5.41) is 2.69. The molecule has 0 saturated heterocycles. The van der Waals surface area contributed by atoms with Crippen molar-refractivity contribution in [1.82, 2.24) is 5.32 Å². The molecule has 1 aromatic carbocycles. The summed E-state index contributed by atoms with van der Waals surface area (Å²) in [5.74, 6) is 0.752. The van der Waals surface area contributed by atoms with Crippen molar-refractivity contribution < 1.29 is 9.53 Å². The Balaban J connectivity index is 2.24. The zero-order valence-electron chi connectivity index (χ0n) is 10.3. The van der Waals surface area contributed by atoms with Gasteiger partial charge in [0.1, 0.15) is 11.6 Å². The molecule has 0 atom stereocenters. The highest BCUT2D eigenvalue weighted by molar-refractivity contribution is 6.27. The number of hydrogen-bond donors (Lipinski definition) is 1. The van der Waals surface area contributed by atoms with Crippen LogP contribution in [0.5, 0.6) is 5.75 Å². The van der Waals surface area contributed by atoms with E-state index in [-0.39, 0.29) is 11.8 Å². The van der Waals surface area contributed by atoms with Gasteiger partial charge in [-0.2, -0.15) is 0 Å². The molecule has 0 aliphatic heterocycles. The minimum absolute atomic E-state index is 0.0118. The van der Waals surface area contributed by atoms with Gasteiger partial charge < -0.3 is 10.1 Å². The lowest BCUT2D eigenvalue weighted by molar-refractivity contribution is -0.118. The molecule has 0 saturated carbocycles. The normalized spacial score (nSPS) is 10.1. The highest BCUT2D eigenvalue weighted by atomic mass is 35.5. The Morgan fingerprint density at radius 3 is 2.53 bits per heavy atom. The van der Waals surface area contributed by atoms with Gasteiger partial charge in [0, 0.05) is 6.54 Å². The lowest BCUT2D eigenvalue weighted by Gasteiger charge is -2.08. The second-order valence-corrected chi connectivity index (χ2v) is 4.28. The zero-order valence-corrected chi connectivity index (χ0v) is 11.0. The third-order valence-electron chi connectivity index (χ3n) is 2.23. The van der Waals surface area contributed by atoms with Crippen molar-refractivity contribution in [2.24, 2.45) is 0 Å². The van der Waals surface area contributed by atoms with Crippen LogP contribution < -0.4 is 10.1 Å². The molecule has 0 heterocycles. The number of carbonyl (C=O) groups is 1. The summed E-state index contributed by atoms with van der Waals surface area (Å²) >= 11 is 5.35. The lowest BCUT2D eigenvalue weighted by Crippen LogP contribution is -2.26. The molecular weight excluding hydrogens is 238 g/mol. The van der Waals surface area contributed by atoms with Crippen LogP contribution in [0.3, 0.4) is 0 Å². The first-order valence-electron chi connectivity index (χ1n) is 5.65. The smallest absolute Gasteiger partial charge is 0.234 e. The molecule has 1 rings (SSSR count). The quantitative estimate of drug-likeness (QED) is 0.626. The molecular formula is C13H18ClNO2. The molecule has 4 heteroatoms. The minimum atomic E-state index is -0.141. The first-order valence-corrected chi connectivity index (χ1v) is 6.19. The number of halogens is 1. The highest BCUT2D eigenvalue weighted by Crippen LogP contribution is 2.16. The van der Waals surface area contributed by atoms with Crippen molar-refractivity contribution in [3.8, 4) is 5.75 Å². The summed E-state index contributed by atoms with van der Waals surface area (Å²) in [6.07, 6.45) is 0.773. The van der Waals surface area contributed by atoms with Crippen molar-refractivity contribution in [2.45, 2.75) is 20.3 Å². The van der Waals surface area contributed by atoms with E-state index in [4.69, 9.17) is 16.3 Å². The zero-order chi connectivity index (χ0) is 12.7. The number of hydrogen-bond acceptors (Lipinski definition) is 2. The van der Waals surface area contributed by atoms with Gasteiger partial charge in [-0.1, -0.05) is 6.07 Å². The van der Waals surface area contributed by atoms with Gasteiger partial charge >= 0.3 is 0 Å². The van der Waals surface area contributed by atoms with Crippen LogP contribution in [0.1, 0.15) is 17.5 Å². The number of benzene rings is 1. The molecule has 0 spiro atoms. The van der Waals surface area contributed by atoms with Crippen LogP contribution in [0.25, 0.3) is 0 Å². The number of carbonyl (C=O) groups excluding carboxylic acids is 1. The molecule has 0 bridgehead atoms. The monoisotopic (exact) mass is 255 g/mol. The van der Waals surface area contributed by atoms with Crippen LogP contribution in [0.2, 0.25) is 0 Å². The fourth-order valence-corrected chi connectivity index (χ4v) is 1.65. The number of aryl methyl sites for hydroxylation is 2. The first kappa shape index (κ1) is 13.8. The van der Waals surface area contributed by atoms with E-state index < -0.39 is 0 Å². The second kappa shape index (κ2) is 7.17. The predicted octanol–water partition coefficient (Wildman–Crippen LogP) is 2.43. The molecule has 17 heavy (non-hydrogen) atoms. The molecule has 94 valence electrons. The van der Waals surface area contributed by atoms with Crippen LogP contribution in [0.15, 0.2) is 18.2 Å². The summed E-state index contributed by atoms with van der Waals surface area (Å²) < 4.78 is 5.60. The number of amides is 1. The van der Waals surface area contributed by atoms with E-state index in [9.17, 15) is 4.79 Å². The van der Waals surface area contributed by atoms with Gasteiger partial charge in [0.05, 0.1) is 6.61 Å². The molecule has 1 N–H and O–H groups in total. The Bertz CT molecular complexity index is 359. The second-order valence-electron chi connectivity index (χ2n) is 4.01. The molecule has 0 radical (unpaired) electrons. The number of rotatable bonds is 6. The molecule has 1 aromatic rings. The summed E-state index contributed by atoms with van der Waals surface area (Å²) in [7, 11) is 0. The fourth-order valence-electron chi connectivity index (χ4n) is 1.55. The highest BCUT2D eigenvalue weighted by Gasteiger charge is 1.98. The van der Waals surface area contributed by atoms with E-state index in [1.54, 1.807) is 0 Å². The van der Waals surface area contributed by atoms with Gasteiger partial charge in [-0.15, -0.1) is 11.6 Å². The molecule has 0 fully saturated rings. The van der Waals surface area contributed by atoms with Crippen LogP contribution in [0.4, 0.5) is 0 Å². The predicted molar refractivity (Wildman–Crippen MR) is 69.8 cm³/mol. The van der Waals surface area contributed by atoms with E-state index in [2.05, 4.69) is 11.4 Å². The van der Waals surface area contributed by atoms with Crippen LogP contribution in [-0.4, -0.2) is 24.9 Å². The molecule has 1 amide bonds. The van der Waals surface area contributed by atoms with Crippen molar-refractivity contribution in [1.29, 1.82) is 0 Å². The molecule has 0 aliphatic carbocycles. The summed E-state index contributed by atoms with van der Waals surface area (Å²) in [5.41, 5.74) is 2.38. The molecule has 0 aromatic heterocycles. The third-order valence-corrected chi connectivity index (χ3v) is 2.47. The van der Waals surface area contributed by atoms with Gasteiger partial charge in [0.15, 0.2) is 0 Å². The molecule has 3 nitrogen and oxygen atoms in total. The Morgan fingerprint density at radius 2 is 1.94 bits per heavy atom. The Kier molecular flexibility index (Phi) is 5.84. The van der Waals surface area contributed by atoms with Crippen LogP contribution in [-0.2, 0) is 4.79 Å². The van der Waals surface area contributed by atoms with E-state index in [0.717, 1.165) is 12.2 Å². The lowest BCUT2D eigenvalue weighted by atomic mass is 10.1. The van der Waals surface area contributed by atoms with Gasteiger partial charge in [-0.3, -0.25) is 4.79 Å². The van der Waals surface area contributed by atoms with Gasteiger partial charge in [0.2, 0.25) is 5.91 Å². The minimum Gasteiger partial charge on any atom is -0.494 e. The average Bonchev–Trinajstić information content (AvgIpc) is 2.27. The number of ether oxygens (including phenoxy) is 1. The Labute approximate surface area is 107 Å².